The lowest BCUT2D eigenvalue weighted by molar-refractivity contribution is 0.0652. The fourth-order valence-corrected chi connectivity index (χ4v) is 3.23. The number of ether oxygens (including phenoxy) is 1. The summed E-state index contributed by atoms with van der Waals surface area (Å²) in [6.45, 7) is 1.75. The van der Waals surface area contributed by atoms with E-state index in [1.165, 1.54) is 4.90 Å². The third-order valence-corrected chi connectivity index (χ3v) is 4.80. The first-order valence-electron chi connectivity index (χ1n) is 9.66. The number of imide groups is 1. The molecule has 2 amide bonds. The van der Waals surface area contributed by atoms with Gasteiger partial charge in [-0.25, -0.2) is 0 Å². The Hall–Kier alpha value is -2.62. The van der Waals surface area contributed by atoms with Crippen molar-refractivity contribution in [2.45, 2.75) is 19.4 Å². The zero-order valence-electron chi connectivity index (χ0n) is 17.2. The number of halogens is 1. The first kappa shape index (κ1) is 23.7. The van der Waals surface area contributed by atoms with E-state index in [9.17, 15) is 9.59 Å². The Morgan fingerprint density at radius 2 is 1.70 bits per heavy atom. The molecule has 1 aliphatic heterocycles. The molecule has 0 aliphatic carbocycles. The summed E-state index contributed by atoms with van der Waals surface area (Å²) in [6, 6.07) is 14.8. The van der Waals surface area contributed by atoms with E-state index in [4.69, 9.17) is 4.74 Å². The van der Waals surface area contributed by atoms with Gasteiger partial charge in [0.2, 0.25) is 0 Å². The highest BCUT2D eigenvalue weighted by Gasteiger charge is 2.34. The molecular formula is C22H27IN4O3. The zero-order valence-corrected chi connectivity index (χ0v) is 19.5. The van der Waals surface area contributed by atoms with E-state index >= 15 is 0 Å². The van der Waals surface area contributed by atoms with Crippen molar-refractivity contribution in [2.75, 3.05) is 27.2 Å². The maximum atomic E-state index is 12.3. The minimum atomic E-state index is -0.200. The van der Waals surface area contributed by atoms with E-state index in [1.54, 1.807) is 38.4 Å². The van der Waals surface area contributed by atoms with Crippen LogP contribution in [0.4, 0.5) is 0 Å². The van der Waals surface area contributed by atoms with Crippen molar-refractivity contribution in [3.63, 3.8) is 0 Å². The zero-order chi connectivity index (χ0) is 20.6. The molecule has 0 saturated heterocycles. The maximum Gasteiger partial charge on any atom is 0.261 e. The molecule has 0 spiro atoms. The summed E-state index contributed by atoms with van der Waals surface area (Å²) in [5.41, 5.74) is 2.09. The number of nitrogens with one attached hydrogen (secondary N) is 2. The van der Waals surface area contributed by atoms with E-state index in [0.29, 0.717) is 36.7 Å². The molecule has 0 unspecified atom stereocenters. The highest BCUT2D eigenvalue weighted by molar-refractivity contribution is 14.0. The number of guanidine groups is 1. The third-order valence-electron chi connectivity index (χ3n) is 4.80. The lowest BCUT2D eigenvalue weighted by Crippen LogP contribution is -2.37. The Bertz CT molecular complexity index is 882. The normalized spacial score (nSPS) is 13.0. The van der Waals surface area contributed by atoms with Crippen LogP contribution in [0.5, 0.6) is 5.75 Å². The Kier molecular flexibility index (Phi) is 9.10. The molecule has 2 aromatic carbocycles. The van der Waals surface area contributed by atoms with Gasteiger partial charge in [0.25, 0.3) is 11.8 Å². The second-order valence-electron chi connectivity index (χ2n) is 6.72. The molecule has 30 heavy (non-hydrogen) atoms. The van der Waals surface area contributed by atoms with Crippen LogP contribution in [0.2, 0.25) is 0 Å². The molecule has 1 heterocycles. The van der Waals surface area contributed by atoms with Crippen molar-refractivity contribution in [1.82, 2.24) is 15.5 Å². The summed E-state index contributed by atoms with van der Waals surface area (Å²) >= 11 is 0. The van der Waals surface area contributed by atoms with E-state index in [-0.39, 0.29) is 35.8 Å². The molecule has 160 valence electrons. The van der Waals surface area contributed by atoms with E-state index in [0.717, 1.165) is 24.2 Å². The van der Waals surface area contributed by atoms with Gasteiger partial charge >= 0.3 is 0 Å². The van der Waals surface area contributed by atoms with Crippen molar-refractivity contribution < 1.29 is 14.3 Å². The molecule has 7 nitrogen and oxygen atoms in total. The Morgan fingerprint density at radius 1 is 1.00 bits per heavy atom. The largest absolute Gasteiger partial charge is 0.497 e. The summed E-state index contributed by atoms with van der Waals surface area (Å²) in [5.74, 6) is 1.12. The third kappa shape index (κ3) is 5.71. The van der Waals surface area contributed by atoms with Gasteiger partial charge in [-0.3, -0.25) is 19.5 Å². The van der Waals surface area contributed by atoms with Crippen molar-refractivity contribution in [1.29, 1.82) is 0 Å². The number of carbonyl (C=O) groups is 2. The molecule has 2 N–H and O–H groups in total. The molecular weight excluding hydrogens is 495 g/mol. The predicted molar refractivity (Wildman–Crippen MR) is 128 cm³/mol. The number of rotatable bonds is 8. The first-order valence-corrected chi connectivity index (χ1v) is 9.66. The van der Waals surface area contributed by atoms with Crippen molar-refractivity contribution in [3.8, 4) is 5.75 Å². The van der Waals surface area contributed by atoms with Gasteiger partial charge in [0.15, 0.2) is 5.96 Å². The fraction of sp³-hybridized carbons (Fsp3) is 0.318. The number of fused-ring (bicyclic) bond motifs is 1. The summed E-state index contributed by atoms with van der Waals surface area (Å²) in [4.78, 5) is 30.2. The van der Waals surface area contributed by atoms with Gasteiger partial charge in [-0.15, -0.1) is 24.0 Å². The molecule has 0 atom stereocenters. The number of aliphatic imine (C=N–C) groups is 1. The average Bonchev–Trinajstić information content (AvgIpc) is 3.00. The molecule has 3 rings (SSSR count). The summed E-state index contributed by atoms with van der Waals surface area (Å²) < 4.78 is 5.23. The number of hydrogen-bond donors (Lipinski definition) is 2. The number of unbranched alkanes of at least 4 members (excludes halogenated alkanes) is 1. The first-order chi connectivity index (χ1) is 14.1. The van der Waals surface area contributed by atoms with Gasteiger partial charge in [-0.05, 0) is 42.7 Å². The summed E-state index contributed by atoms with van der Waals surface area (Å²) in [7, 11) is 3.37. The fourth-order valence-electron chi connectivity index (χ4n) is 3.23. The van der Waals surface area contributed by atoms with Gasteiger partial charge < -0.3 is 15.4 Å². The minimum Gasteiger partial charge on any atom is -0.497 e. The second-order valence-corrected chi connectivity index (χ2v) is 6.72. The molecule has 0 bridgehead atoms. The summed E-state index contributed by atoms with van der Waals surface area (Å²) in [6.07, 6.45) is 1.54. The van der Waals surface area contributed by atoms with Gasteiger partial charge in [0, 0.05) is 26.7 Å². The van der Waals surface area contributed by atoms with Crippen molar-refractivity contribution in [2.24, 2.45) is 4.99 Å². The van der Waals surface area contributed by atoms with Gasteiger partial charge in [0.1, 0.15) is 5.75 Å². The molecule has 0 radical (unpaired) electrons. The van der Waals surface area contributed by atoms with E-state index < -0.39 is 0 Å². The Labute approximate surface area is 193 Å². The molecule has 0 fully saturated rings. The van der Waals surface area contributed by atoms with Crippen LogP contribution in [0.3, 0.4) is 0 Å². The van der Waals surface area contributed by atoms with E-state index in [1.807, 2.05) is 24.3 Å². The maximum absolute atomic E-state index is 12.3. The van der Waals surface area contributed by atoms with Crippen LogP contribution < -0.4 is 15.4 Å². The van der Waals surface area contributed by atoms with E-state index in [2.05, 4.69) is 15.6 Å². The highest BCUT2D eigenvalue weighted by atomic mass is 127. The topological polar surface area (TPSA) is 83.0 Å². The lowest BCUT2D eigenvalue weighted by Gasteiger charge is -2.15. The molecule has 8 heteroatoms. The lowest BCUT2D eigenvalue weighted by atomic mass is 10.1. The molecule has 2 aromatic rings. The van der Waals surface area contributed by atoms with Gasteiger partial charge in [0.05, 0.1) is 18.2 Å². The van der Waals surface area contributed by atoms with Crippen LogP contribution in [-0.4, -0.2) is 49.9 Å². The molecule has 1 aliphatic rings. The number of hydrogen-bond acceptors (Lipinski definition) is 4. The van der Waals surface area contributed by atoms with Gasteiger partial charge in [-0.2, -0.15) is 0 Å². The quantitative estimate of drug-likeness (QED) is 0.183. The van der Waals surface area contributed by atoms with Gasteiger partial charge in [-0.1, -0.05) is 24.3 Å². The highest BCUT2D eigenvalue weighted by Crippen LogP contribution is 2.22. The van der Waals surface area contributed by atoms with Crippen LogP contribution >= 0.6 is 24.0 Å². The monoisotopic (exact) mass is 522 g/mol. The predicted octanol–water partition coefficient (Wildman–Crippen LogP) is 3.05. The van der Waals surface area contributed by atoms with Crippen LogP contribution in [-0.2, 0) is 6.54 Å². The number of nitrogens with zero attached hydrogens (tertiary/aromatic N) is 2. The number of amides is 2. The second kappa shape index (κ2) is 11.5. The SMILES string of the molecule is CN=C(NCCCCN1C(=O)c2ccccc2C1=O)NCc1cccc(OC)c1.I. The minimum absolute atomic E-state index is 0. The van der Waals surface area contributed by atoms with Crippen LogP contribution in [0.25, 0.3) is 0 Å². The van der Waals surface area contributed by atoms with Crippen molar-refractivity contribution in [3.05, 3.63) is 65.2 Å². The molecule has 0 saturated carbocycles. The molecule has 0 aromatic heterocycles. The standard InChI is InChI=1S/C22H26N4O3.HI/c1-23-22(25-15-16-8-7-9-17(14-16)29-2)24-12-5-6-13-26-20(27)18-10-3-4-11-19(18)21(26)28;/h3-4,7-11,14H,5-6,12-13,15H2,1-2H3,(H2,23,24,25);1H. The Morgan fingerprint density at radius 3 is 2.33 bits per heavy atom. The Balaban J connectivity index is 0.00000320. The average molecular weight is 522 g/mol. The van der Waals surface area contributed by atoms with Crippen LogP contribution in [0, 0.1) is 0 Å². The number of benzene rings is 2. The smallest absolute Gasteiger partial charge is 0.261 e. The van der Waals surface area contributed by atoms with Crippen LogP contribution in [0.15, 0.2) is 53.5 Å². The van der Waals surface area contributed by atoms with Crippen LogP contribution in [0.1, 0.15) is 39.1 Å². The van der Waals surface area contributed by atoms with Crippen molar-refractivity contribution >= 4 is 41.8 Å². The number of carbonyl (C=O) groups excluding carboxylic acids is 2. The number of methoxy groups -OCH3 is 1. The summed E-state index contributed by atoms with van der Waals surface area (Å²) in [5, 5.41) is 6.51.